The van der Waals surface area contributed by atoms with E-state index in [1.54, 1.807) is 0 Å². The van der Waals surface area contributed by atoms with E-state index in [2.05, 4.69) is 39.6 Å². The second kappa shape index (κ2) is 5.68. The zero-order valence-electron chi connectivity index (χ0n) is 12.3. The Morgan fingerprint density at radius 2 is 1.82 bits per heavy atom. The Kier molecular flexibility index (Phi) is 4.99. The van der Waals surface area contributed by atoms with Gasteiger partial charge in [0.15, 0.2) is 0 Å². The molecule has 2 N–H and O–H groups in total. The van der Waals surface area contributed by atoms with E-state index in [9.17, 15) is 0 Å². The van der Waals surface area contributed by atoms with Gasteiger partial charge in [0.2, 0.25) is 0 Å². The van der Waals surface area contributed by atoms with Gasteiger partial charge < -0.3 is 15.4 Å². The SMILES string of the molecule is CN(CCOCC1CC1)CC(C)(C)C(C)(C)N. The van der Waals surface area contributed by atoms with Crippen LogP contribution in [-0.4, -0.2) is 43.8 Å². The minimum Gasteiger partial charge on any atom is -0.380 e. The number of ether oxygens (including phenoxy) is 1. The van der Waals surface area contributed by atoms with Crippen LogP contribution in [0.2, 0.25) is 0 Å². The molecule has 0 bridgehead atoms. The first-order valence-electron chi connectivity index (χ1n) is 6.77. The lowest BCUT2D eigenvalue weighted by atomic mass is 9.75. The van der Waals surface area contributed by atoms with Crippen LogP contribution >= 0.6 is 0 Å². The Morgan fingerprint density at radius 1 is 1.24 bits per heavy atom. The van der Waals surface area contributed by atoms with Crippen LogP contribution in [0.25, 0.3) is 0 Å². The topological polar surface area (TPSA) is 38.5 Å². The van der Waals surface area contributed by atoms with Crippen molar-refractivity contribution in [3.63, 3.8) is 0 Å². The van der Waals surface area contributed by atoms with Crippen molar-refractivity contribution in [2.24, 2.45) is 17.1 Å². The zero-order valence-corrected chi connectivity index (χ0v) is 12.3. The maximum atomic E-state index is 6.21. The minimum absolute atomic E-state index is 0.109. The molecule has 3 heteroatoms. The molecule has 0 heterocycles. The molecule has 0 spiro atoms. The highest BCUT2D eigenvalue weighted by molar-refractivity contribution is 4.91. The van der Waals surface area contributed by atoms with Crippen molar-refractivity contribution in [1.82, 2.24) is 4.90 Å². The highest BCUT2D eigenvalue weighted by Gasteiger charge is 2.34. The standard InChI is InChI=1S/C14H30N2O/c1-13(2,14(3,4)15)11-16(5)8-9-17-10-12-6-7-12/h12H,6-11,15H2,1-5H3. The molecule has 0 radical (unpaired) electrons. The monoisotopic (exact) mass is 242 g/mol. The normalized spacial score (nSPS) is 17.8. The van der Waals surface area contributed by atoms with E-state index in [1.807, 2.05) is 0 Å². The van der Waals surface area contributed by atoms with E-state index >= 15 is 0 Å². The summed E-state index contributed by atoms with van der Waals surface area (Å²) in [5.41, 5.74) is 6.16. The molecule has 1 aliphatic carbocycles. The summed E-state index contributed by atoms with van der Waals surface area (Å²) < 4.78 is 5.66. The van der Waals surface area contributed by atoms with Gasteiger partial charge in [0, 0.05) is 25.2 Å². The van der Waals surface area contributed by atoms with Gasteiger partial charge in [-0.2, -0.15) is 0 Å². The third-order valence-corrected chi connectivity index (χ3v) is 4.08. The molecule has 0 aromatic heterocycles. The van der Waals surface area contributed by atoms with Crippen LogP contribution < -0.4 is 5.73 Å². The highest BCUT2D eigenvalue weighted by Crippen LogP contribution is 2.29. The van der Waals surface area contributed by atoms with Gasteiger partial charge in [-0.3, -0.25) is 0 Å². The van der Waals surface area contributed by atoms with Gasteiger partial charge in [0.05, 0.1) is 6.61 Å². The predicted octanol–water partition coefficient (Wildman–Crippen LogP) is 2.11. The van der Waals surface area contributed by atoms with E-state index in [4.69, 9.17) is 10.5 Å². The van der Waals surface area contributed by atoms with E-state index in [1.165, 1.54) is 12.8 Å². The van der Waals surface area contributed by atoms with E-state index in [0.717, 1.165) is 32.2 Å². The molecule has 1 aliphatic rings. The van der Waals surface area contributed by atoms with Crippen molar-refractivity contribution >= 4 is 0 Å². The van der Waals surface area contributed by atoms with Crippen molar-refractivity contribution in [3.05, 3.63) is 0 Å². The van der Waals surface area contributed by atoms with Crippen LogP contribution in [0.15, 0.2) is 0 Å². The van der Waals surface area contributed by atoms with Gasteiger partial charge >= 0.3 is 0 Å². The van der Waals surface area contributed by atoms with Crippen molar-refractivity contribution in [2.75, 3.05) is 33.4 Å². The number of rotatable bonds is 8. The van der Waals surface area contributed by atoms with Crippen molar-refractivity contribution in [2.45, 2.75) is 46.1 Å². The molecule has 0 aliphatic heterocycles. The van der Waals surface area contributed by atoms with Crippen LogP contribution in [0.1, 0.15) is 40.5 Å². The molecule has 1 rings (SSSR count). The van der Waals surface area contributed by atoms with Gasteiger partial charge in [-0.25, -0.2) is 0 Å². The average Bonchev–Trinajstić information content (AvgIpc) is 2.93. The number of hydrogen-bond acceptors (Lipinski definition) is 3. The van der Waals surface area contributed by atoms with Gasteiger partial charge in [-0.1, -0.05) is 13.8 Å². The largest absolute Gasteiger partial charge is 0.380 e. The Bertz CT molecular complexity index is 229. The molecular weight excluding hydrogens is 212 g/mol. The molecule has 102 valence electrons. The number of hydrogen-bond donors (Lipinski definition) is 1. The third-order valence-electron chi connectivity index (χ3n) is 4.08. The van der Waals surface area contributed by atoms with Crippen molar-refractivity contribution in [1.29, 1.82) is 0 Å². The summed E-state index contributed by atoms with van der Waals surface area (Å²) in [6.07, 6.45) is 2.73. The van der Waals surface area contributed by atoms with Crippen LogP contribution in [0.5, 0.6) is 0 Å². The first-order valence-corrected chi connectivity index (χ1v) is 6.77. The summed E-state index contributed by atoms with van der Waals surface area (Å²) in [6.45, 7) is 12.5. The summed E-state index contributed by atoms with van der Waals surface area (Å²) in [7, 11) is 2.15. The van der Waals surface area contributed by atoms with E-state index in [0.29, 0.717) is 0 Å². The summed E-state index contributed by atoms with van der Waals surface area (Å²) >= 11 is 0. The summed E-state index contributed by atoms with van der Waals surface area (Å²) in [5.74, 6) is 0.861. The molecule has 0 amide bonds. The summed E-state index contributed by atoms with van der Waals surface area (Å²) in [4.78, 5) is 2.32. The molecule has 1 saturated carbocycles. The molecule has 0 unspecified atom stereocenters. The van der Waals surface area contributed by atoms with E-state index in [-0.39, 0.29) is 11.0 Å². The average molecular weight is 242 g/mol. The van der Waals surface area contributed by atoms with Crippen LogP contribution in [0, 0.1) is 11.3 Å². The molecule has 1 fully saturated rings. The van der Waals surface area contributed by atoms with Crippen LogP contribution in [0.4, 0.5) is 0 Å². The zero-order chi connectivity index (χ0) is 13.1. The van der Waals surface area contributed by atoms with Gasteiger partial charge in [0.25, 0.3) is 0 Å². The molecule has 0 atom stereocenters. The lowest BCUT2D eigenvalue weighted by molar-refractivity contribution is 0.0769. The van der Waals surface area contributed by atoms with Crippen LogP contribution in [0.3, 0.4) is 0 Å². The molecule has 0 aromatic carbocycles. The first kappa shape index (κ1) is 14.9. The quantitative estimate of drug-likeness (QED) is 0.663. The Labute approximate surface area is 107 Å². The second-order valence-electron chi connectivity index (χ2n) is 6.86. The molecule has 3 nitrogen and oxygen atoms in total. The summed E-state index contributed by atoms with van der Waals surface area (Å²) in [5, 5.41) is 0. The van der Waals surface area contributed by atoms with Gasteiger partial charge in [0.1, 0.15) is 0 Å². The predicted molar refractivity (Wildman–Crippen MR) is 73.1 cm³/mol. The van der Waals surface area contributed by atoms with Gasteiger partial charge in [-0.05, 0) is 45.1 Å². The summed E-state index contributed by atoms with van der Waals surface area (Å²) in [6, 6.07) is 0. The van der Waals surface area contributed by atoms with Gasteiger partial charge in [-0.15, -0.1) is 0 Å². The first-order chi connectivity index (χ1) is 7.72. The fourth-order valence-electron chi connectivity index (χ4n) is 1.71. The molecule has 17 heavy (non-hydrogen) atoms. The van der Waals surface area contributed by atoms with E-state index < -0.39 is 0 Å². The lowest BCUT2D eigenvalue weighted by Crippen LogP contribution is -2.52. The highest BCUT2D eigenvalue weighted by atomic mass is 16.5. The fourth-order valence-corrected chi connectivity index (χ4v) is 1.71. The molecule has 0 saturated heterocycles. The number of nitrogens with zero attached hydrogens (tertiary/aromatic N) is 1. The molecule has 0 aromatic rings. The van der Waals surface area contributed by atoms with Crippen LogP contribution in [-0.2, 0) is 4.74 Å². The Balaban J connectivity index is 2.16. The Hall–Kier alpha value is -0.120. The minimum atomic E-state index is -0.157. The lowest BCUT2D eigenvalue weighted by Gasteiger charge is -2.41. The number of nitrogens with two attached hydrogens (primary N) is 1. The smallest absolute Gasteiger partial charge is 0.0593 e. The number of likely N-dealkylation sites (N-methyl/N-ethyl adjacent to an activating group) is 1. The van der Waals surface area contributed by atoms with Crippen molar-refractivity contribution < 1.29 is 4.74 Å². The fraction of sp³-hybridized carbons (Fsp3) is 1.00. The maximum Gasteiger partial charge on any atom is 0.0593 e. The maximum absolute atomic E-state index is 6.21. The second-order valence-corrected chi connectivity index (χ2v) is 6.86. The third kappa shape index (κ3) is 5.36. The molecular formula is C14H30N2O. The van der Waals surface area contributed by atoms with Crippen molar-refractivity contribution in [3.8, 4) is 0 Å². The Morgan fingerprint density at radius 3 is 2.29 bits per heavy atom.